The Balaban J connectivity index is 1.36. The van der Waals surface area contributed by atoms with Gasteiger partial charge in [0.1, 0.15) is 0 Å². The third-order valence-electron chi connectivity index (χ3n) is 3.65. The first-order valence-electron chi connectivity index (χ1n) is 8.19. The zero-order valence-electron chi connectivity index (χ0n) is 13.8. The third kappa shape index (κ3) is 5.46. The van der Waals surface area contributed by atoms with Crippen molar-refractivity contribution < 1.29 is 4.79 Å². The molecular formula is C19H20N4OS. The van der Waals surface area contributed by atoms with Gasteiger partial charge in [-0.1, -0.05) is 18.2 Å². The van der Waals surface area contributed by atoms with E-state index in [-0.39, 0.29) is 5.91 Å². The predicted molar refractivity (Wildman–Crippen MR) is 100 cm³/mol. The molecule has 0 aliphatic carbocycles. The van der Waals surface area contributed by atoms with E-state index < -0.39 is 0 Å². The van der Waals surface area contributed by atoms with Crippen molar-refractivity contribution >= 4 is 17.7 Å². The van der Waals surface area contributed by atoms with Gasteiger partial charge in [-0.25, -0.2) is 0 Å². The van der Waals surface area contributed by atoms with Gasteiger partial charge in [0.15, 0.2) is 0 Å². The monoisotopic (exact) mass is 352 g/mol. The maximum atomic E-state index is 11.9. The Labute approximate surface area is 151 Å². The van der Waals surface area contributed by atoms with Crippen molar-refractivity contribution in [1.29, 1.82) is 0 Å². The molecule has 0 atom stereocenters. The molecule has 5 nitrogen and oxygen atoms in total. The first-order valence-corrected chi connectivity index (χ1v) is 9.17. The van der Waals surface area contributed by atoms with Crippen LogP contribution in [0.1, 0.15) is 6.42 Å². The van der Waals surface area contributed by atoms with Crippen LogP contribution in [0.4, 0.5) is 0 Å². The van der Waals surface area contributed by atoms with E-state index in [9.17, 15) is 4.79 Å². The lowest BCUT2D eigenvalue weighted by Gasteiger charge is -2.05. The zero-order valence-corrected chi connectivity index (χ0v) is 14.7. The standard InChI is InChI=1S/C19H20N4OS/c24-19(8-13-25-18-4-2-1-3-5-18)21-11-12-23-15-17(14-22-23)16-6-9-20-10-7-16/h1-7,9-10,14-15H,8,11-13H2,(H,21,24). The van der Waals surface area contributed by atoms with Crippen LogP contribution in [0.25, 0.3) is 11.1 Å². The summed E-state index contributed by atoms with van der Waals surface area (Å²) in [5.41, 5.74) is 2.14. The number of hydrogen-bond acceptors (Lipinski definition) is 4. The van der Waals surface area contributed by atoms with E-state index >= 15 is 0 Å². The molecule has 128 valence electrons. The maximum Gasteiger partial charge on any atom is 0.220 e. The average molecular weight is 352 g/mol. The second kappa shape index (κ2) is 9.03. The van der Waals surface area contributed by atoms with Gasteiger partial charge in [0.25, 0.3) is 0 Å². The second-order valence-electron chi connectivity index (χ2n) is 5.49. The Kier molecular flexibility index (Phi) is 6.23. The predicted octanol–water partition coefficient (Wildman–Crippen LogP) is 3.24. The smallest absolute Gasteiger partial charge is 0.220 e. The molecule has 0 saturated heterocycles. The highest BCUT2D eigenvalue weighted by Gasteiger charge is 2.04. The van der Waals surface area contributed by atoms with Crippen LogP contribution < -0.4 is 5.32 Å². The summed E-state index contributed by atoms with van der Waals surface area (Å²) in [5.74, 6) is 0.856. The van der Waals surface area contributed by atoms with Crippen LogP contribution in [0.5, 0.6) is 0 Å². The number of nitrogens with one attached hydrogen (secondary N) is 1. The van der Waals surface area contributed by atoms with Crippen LogP contribution in [-0.2, 0) is 11.3 Å². The number of thioether (sulfide) groups is 1. The molecule has 0 spiro atoms. The SMILES string of the molecule is O=C(CCSc1ccccc1)NCCn1cc(-c2ccncc2)cn1. The third-order valence-corrected chi connectivity index (χ3v) is 4.66. The fraction of sp³-hybridized carbons (Fsp3) is 0.211. The van der Waals surface area contributed by atoms with E-state index in [0.29, 0.717) is 19.5 Å². The van der Waals surface area contributed by atoms with Crippen molar-refractivity contribution in [2.45, 2.75) is 17.9 Å². The van der Waals surface area contributed by atoms with Crippen LogP contribution in [-0.4, -0.2) is 33.0 Å². The fourth-order valence-corrected chi connectivity index (χ4v) is 3.23. The molecule has 3 rings (SSSR count). The van der Waals surface area contributed by atoms with Crippen molar-refractivity contribution in [3.05, 3.63) is 67.3 Å². The molecule has 6 heteroatoms. The molecule has 0 fully saturated rings. The van der Waals surface area contributed by atoms with E-state index in [0.717, 1.165) is 16.9 Å². The van der Waals surface area contributed by atoms with Gasteiger partial charge in [0.05, 0.1) is 12.7 Å². The van der Waals surface area contributed by atoms with Gasteiger partial charge >= 0.3 is 0 Å². The van der Waals surface area contributed by atoms with Gasteiger partial charge in [0, 0.05) is 47.8 Å². The molecule has 0 aliphatic heterocycles. The first-order chi connectivity index (χ1) is 12.3. The highest BCUT2D eigenvalue weighted by atomic mass is 32.2. The Hall–Kier alpha value is -2.60. The Morgan fingerprint density at radius 3 is 2.68 bits per heavy atom. The number of carbonyl (C=O) groups is 1. The van der Waals surface area contributed by atoms with Crippen LogP contribution in [0.15, 0.2) is 72.1 Å². The quantitative estimate of drug-likeness (QED) is 0.632. The van der Waals surface area contributed by atoms with E-state index in [1.165, 1.54) is 4.90 Å². The van der Waals surface area contributed by atoms with Gasteiger partial charge in [-0.05, 0) is 29.8 Å². The molecule has 0 unspecified atom stereocenters. The highest BCUT2D eigenvalue weighted by molar-refractivity contribution is 7.99. The van der Waals surface area contributed by atoms with E-state index in [1.54, 1.807) is 24.2 Å². The molecule has 0 bridgehead atoms. The minimum absolute atomic E-state index is 0.0740. The van der Waals surface area contributed by atoms with Crippen LogP contribution in [0.2, 0.25) is 0 Å². The summed E-state index contributed by atoms with van der Waals surface area (Å²) in [4.78, 5) is 17.1. The average Bonchev–Trinajstić information content (AvgIpc) is 3.12. The Morgan fingerprint density at radius 1 is 1.08 bits per heavy atom. The van der Waals surface area contributed by atoms with Crippen LogP contribution in [0, 0.1) is 0 Å². The van der Waals surface area contributed by atoms with Crippen molar-refractivity contribution in [3.63, 3.8) is 0 Å². The lowest BCUT2D eigenvalue weighted by molar-refractivity contribution is -0.120. The lowest BCUT2D eigenvalue weighted by atomic mass is 10.1. The zero-order chi connectivity index (χ0) is 17.3. The molecule has 1 N–H and O–H groups in total. The normalized spacial score (nSPS) is 10.6. The molecule has 2 heterocycles. The van der Waals surface area contributed by atoms with Crippen molar-refractivity contribution in [1.82, 2.24) is 20.1 Å². The molecule has 25 heavy (non-hydrogen) atoms. The molecule has 0 aliphatic rings. The molecular weight excluding hydrogens is 332 g/mol. The van der Waals surface area contributed by atoms with Gasteiger partial charge in [-0.2, -0.15) is 5.10 Å². The van der Waals surface area contributed by atoms with Gasteiger partial charge < -0.3 is 5.32 Å². The number of hydrogen-bond donors (Lipinski definition) is 1. The van der Waals surface area contributed by atoms with E-state index in [4.69, 9.17) is 0 Å². The fourth-order valence-electron chi connectivity index (χ4n) is 2.36. The minimum Gasteiger partial charge on any atom is -0.354 e. The number of aromatic nitrogens is 3. The summed E-state index contributed by atoms with van der Waals surface area (Å²) in [6, 6.07) is 14.0. The Bertz CT molecular complexity index is 789. The molecule has 1 aromatic carbocycles. The summed E-state index contributed by atoms with van der Waals surface area (Å²) < 4.78 is 1.84. The van der Waals surface area contributed by atoms with E-state index in [2.05, 4.69) is 27.5 Å². The number of benzene rings is 1. The van der Waals surface area contributed by atoms with E-state index in [1.807, 2.05) is 47.4 Å². The van der Waals surface area contributed by atoms with Crippen molar-refractivity contribution in [2.75, 3.05) is 12.3 Å². The molecule has 1 amide bonds. The minimum atomic E-state index is 0.0740. The van der Waals surface area contributed by atoms with Crippen molar-refractivity contribution in [2.24, 2.45) is 0 Å². The number of carbonyl (C=O) groups excluding carboxylic acids is 1. The topological polar surface area (TPSA) is 59.8 Å². The van der Waals surface area contributed by atoms with Gasteiger partial charge in [-0.3, -0.25) is 14.5 Å². The summed E-state index contributed by atoms with van der Waals surface area (Å²) >= 11 is 1.70. The number of rotatable bonds is 8. The summed E-state index contributed by atoms with van der Waals surface area (Å²) in [6.07, 6.45) is 7.85. The highest BCUT2D eigenvalue weighted by Crippen LogP contribution is 2.18. The largest absolute Gasteiger partial charge is 0.354 e. The number of pyridine rings is 1. The summed E-state index contributed by atoms with van der Waals surface area (Å²) in [6.45, 7) is 1.23. The van der Waals surface area contributed by atoms with Crippen LogP contribution >= 0.6 is 11.8 Å². The number of nitrogens with zero attached hydrogens (tertiary/aromatic N) is 3. The lowest BCUT2D eigenvalue weighted by Crippen LogP contribution is -2.27. The number of amides is 1. The molecule has 2 aromatic heterocycles. The summed E-state index contributed by atoms with van der Waals surface area (Å²) in [7, 11) is 0. The second-order valence-corrected chi connectivity index (χ2v) is 6.66. The molecule has 0 saturated carbocycles. The van der Waals surface area contributed by atoms with Gasteiger partial charge in [0.2, 0.25) is 5.91 Å². The summed E-state index contributed by atoms with van der Waals surface area (Å²) in [5, 5.41) is 7.28. The molecule has 3 aromatic rings. The van der Waals surface area contributed by atoms with Crippen LogP contribution in [0.3, 0.4) is 0 Å². The Morgan fingerprint density at radius 2 is 1.88 bits per heavy atom. The maximum absolute atomic E-state index is 11.9. The van der Waals surface area contributed by atoms with Gasteiger partial charge in [-0.15, -0.1) is 11.8 Å². The molecule has 0 radical (unpaired) electrons. The first kappa shape index (κ1) is 17.2. The van der Waals surface area contributed by atoms with Crippen molar-refractivity contribution in [3.8, 4) is 11.1 Å².